The third-order valence-electron chi connectivity index (χ3n) is 6.60. The largest absolute Gasteiger partial charge is 0.358 e. The summed E-state index contributed by atoms with van der Waals surface area (Å²) in [6.07, 6.45) is 9.56. The molecule has 0 radical (unpaired) electrons. The lowest BCUT2D eigenvalue weighted by molar-refractivity contribution is -0.122. The van der Waals surface area contributed by atoms with E-state index < -0.39 is 0 Å². The maximum Gasteiger partial charge on any atom is 0.190 e. The maximum absolute atomic E-state index is 12.9. The van der Waals surface area contributed by atoms with Gasteiger partial charge in [-0.3, -0.25) is 4.79 Å². The molecule has 0 saturated carbocycles. The molecule has 1 aliphatic heterocycles. The molecule has 3 rings (SSSR count). The number of ether oxygens (including phenoxy) is 1. The molecule has 0 spiro atoms. The summed E-state index contributed by atoms with van der Waals surface area (Å²) in [5.41, 5.74) is 1.59. The summed E-state index contributed by atoms with van der Waals surface area (Å²) in [7, 11) is 0. The van der Waals surface area contributed by atoms with E-state index in [9.17, 15) is 9.59 Å². The lowest BCUT2D eigenvalue weighted by Gasteiger charge is -2.44. The number of epoxide rings is 1. The molecule has 126 valence electrons. The van der Waals surface area contributed by atoms with Gasteiger partial charge in [-0.05, 0) is 57.3 Å². The van der Waals surface area contributed by atoms with Crippen molar-refractivity contribution >= 4 is 12.1 Å². The third kappa shape index (κ3) is 2.73. The topological polar surface area (TPSA) is 46.7 Å². The predicted octanol–water partition coefficient (Wildman–Crippen LogP) is 4.02. The van der Waals surface area contributed by atoms with Crippen molar-refractivity contribution in [2.45, 2.75) is 71.5 Å². The number of rotatable bonds is 1. The van der Waals surface area contributed by atoms with E-state index in [4.69, 9.17) is 4.74 Å². The Hall–Kier alpha value is -1.22. The van der Waals surface area contributed by atoms with E-state index >= 15 is 0 Å². The molecule has 0 aromatic carbocycles. The highest BCUT2D eigenvalue weighted by molar-refractivity contribution is 6.04. The predicted molar refractivity (Wildman–Crippen MR) is 90.0 cm³/mol. The minimum Gasteiger partial charge on any atom is -0.358 e. The fourth-order valence-electron chi connectivity index (χ4n) is 4.33. The first-order chi connectivity index (χ1) is 10.8. The van der Waals surface area contributed by atoms with Crippen molar-refractivity contribution in [3.63, 3.8) is 0 Å². The molecule has 0 unspecified atom stereocenters. The van der Waals surface area contributed by atoms with Gasteiger partial charge in [0.1, 0.15) is 18.0 Å². The molecule has 2 bridgehead atoms. The molecule has 1 heterocycles. The van der Waals surface area contributed by atoms with Crippen molar-refractivity contribution in [2.24, 2.45) is 17.3 Å². The number of Topliss-reactive ketones (excluding diaryl/α,β-unsaturated/α-hetero) is 1. The van der Waals surface area contributed by atoms with Gasteiger partial charge in [0.25, 0.3) is 0 Å². The van der Waals surface area contributed by atoms with Crippen LogP contribution in [-0.4, -0.2) is 23.8 Å². The lowest BCUT2D eigenvalue weighted by atomic mass is 9.59. The van der Waals surface area contributed by atoms with E-state index in [-0.39, 0.29) is 28.8 Å². The second kappa shape index (κ2) is 5.70. The Morgan fingerprint density at radius 1 is 1.26 bits per heavy atom. The molecule has 3 aliphatic rings. The molecular formula is C20H28O3. The van der Waals surface area contributed by atoms with Gasteiger partial charge in [0.2, 0.25) is 0 Å². The second-order valence-electron chi connectivity index (χ2n) is 8.18. The summed E-state index contributed by atoms with van der Waals surface area (Å²) in [4.78, 5) is 24.9. The summed E-state index contributed by atoms with van der Waals surface area (Å²) in [5.74, 6) is 0.139. The van der Waals surface area contributed by atoms with Gasteiger partial charge in [-0.25, -0.2) is 0 Å². The minimum atomic E-state index is -0.359. The highest BCUT2D eigenvalue weighted by Gasteiger charge is 2.58. The van der Waals surface area contributed by atoms with E-state index in [2.05, 4.69) is 26.8 Å². The fourth-order valence-corrected chi connectivity index (χ4v) is 4.33. The normalized spacial score (nSPS) is 44.2. The number of fused-ring (bicyclic) bond motifs is 3. The Kier molecular flexibility index (Phi) is 4.12. The fraction of sp³-hybridized carbons (Fsp3) is 0.700. The van der Waals surface area contributed by atoms with Crippen molar-refractivity contribution < 1.29 is 14.3 Å². The van der Waals surface area contributed by atoms with E-state index in [0.717, 1.165) is 38.4 Å². The van der Waals surface area contributed by atoms with Crippen LogP contribution in [0.5, 0.6) is 0 Å². The van der Waals surface area contributed by atoms with Gasteiger partial charge in [-0.15, -0.1) is 0 Å². The van der Waals surface area contributed by atoms with Crippen molar-refractivity contribution in [3.05, 3.63) is 23.3 Å². The van der Waals surface area contributed by atoms with E-state index in [1.165, 1.54) is 5.57 Å². The van der Waals surface area contributed by atoms with Crippen LogP contribution in [0.3, 0.4) is 0 Å². The first-order valence-electron chi connectivity index (χ1n) is 8.85. The SMILES string of the molecule is CC1=CCC[C@@]2(C)O[C@@H]2C(=O)C2=CC[C@@H](C)[C@](C)(CC1)[C@H]2C=O. The van der Waals surface area contributed by atoms with Gasteiger partial charge in [0.05, 0.1) is 0 Å². The van der Waals surface area contributed by atoms with Crippen molar-refractivity contribution in [3.8, 4) is 0 Å². The molecule has 23 heavy (non-hydrogen) atoms. The summed E-state index contributed by atoms with van der Waals surface area (Å²) in [6.45, 7) is 8.58. The Labute approximate surface area is 139 Å². The molecule has 1 fully saturated rings. The third-order valence-corrected chi connectivity index (χ3v) is 6.60. The summed E-state index contributed by atoms with van der Waals surface area (Å²) >= 11 is 0. The molecule has 5 atom stereocenters. The average molecular weight is 316 g/mol. The summed E-state index contributed by atoms with van der Waals surface area (Å²) in [6, 6.07) is 0. The Morgan fingerprint density at radius 3 is 2.70 bits per heavy atom. The number of carbonyl (C=O) groups excluding carboxylic acids is 2. The molecule has 0 N–H and O–H groups in total. The van der Waals surface area contributed by atoms with E-state index in [0.29, 0.717) is 11.5 Å². The van der Waals surface area contributed by atoms with Crippen LogP contribution in [0.1, 0.15) is 59.8 Å². The summed E-state index contributed by atoms with van der Waals surface area (Å²) in [5, 5.41) is 0. The molecular weight excluding hydrogens is 288 g/mol. The standard InChI is InChI=1S/C20H28O3/c1-13-6-5-10-20(4)18(23-20)17(22)15-8-7-14(2)19(3,11-9-13)16(15)12-21/h6,8,12,14,16,18H,5,7,9-11H2,1-4H3/t14-,16+,18-,19+,20-/m1/s1. The smallest absolute Gasteiger partial charge is 0.190 e. The quantitative estimate of drug-likeness (QED) is 0.417. The average Bonchev–Trinajstić information content (AvgIpc) is 3.18. The Bertz CT molecular complexity index is 588. The molecule has 0 amide bonds. The van der Waals surface area contributed by atoms with Crippen LogP contribution in [0.15, 0.2) is 23.3 Å². The first-order valence-corrected chi connectivity index (χ1v) is 8.85. The van der Waals surface area contributed by atoms with Gasteiger partial charge >= 0.3 is 0 Å². The first kappa shape index (κ1) is 16.6. The molecule has 0 aromatic rings. The number of aldehydes is 1. The zero-order chi connectivity index (χ0) is 16.8. The van der Waals surface area contributed by atoms with Crippen LogP contribution < -0.4 is 0 Å². The zero-order valence-electron chi connectivity index (χ0n) is 14.7. The summed E-state index contributed by atoms with van der Waals surface area (Å²) < 4.78 is 5.77. The van der Waals surface area contributed by atoms with Crippen LogP contribution in [0.25, 0.3) is 0 Å². The van der Waals surface area contributed by atoms with Crippen LogP contribution in [0.2, 0.25) is 0 Å². The highest BCUT2D eigenvalue weighted by Crippen LogP contribution is 2.51. The van der Waals surface area contributed by atoms with E-state index in [1.807, 2.05) is 13.0 Å². The van der Waals surface area contributed by atoms with E-state index in [1.54, 1.807) is 0 Å². The Balaban J connectivity index is 2.01. The molecule has 3 heteroatoms. The van der Waals surface area contributed by atoms with Crippen molar-refractivity contribution in [1.82, 2.24) is 0 Å². The number of ketones is 1. The lowest BCUT2D eigenvalue weighted by Crippen LogP contribution is -2.42. The highest BCUT2D eigenvalue weighted by atomic mass is 16.6. The number of carbonyl (C=O) groups is 2. The van der Waals surface area contributed by atoms with Gasteiger partial charge in [-0.1, -0.05) is 31.6 Å². The van der Waals surface area contributed by atoms with Crippen LogP contribution in [0.4, 0.5) is 0 Å². The van der Waals surface area contributed by atoms with Crippen molar-refractivity contribution in [2.75, 3.05) is 0 Å². The van der Waals surface area contributed by atoms with Crippen molar-refractivity contribution in [1.29, 1.82) is 0 Å². The molecule has 0 aromatic heterocycles. The Morgan fingerprint density at radius 2 is 2.00 bits per heavy atom. The van der Waals surface area contributed by atoms with Gasteiger partial charge < -0.3 is 9.53 Å². The van der Waals surface area contributed by atoms with Gasteiger partial charge in [0, 0.05) is 11.5 Å². The van der Waals surface area contributed by atoms with Crippen LogP contribution in [-0.2, 0) is 14.3 Å². The monoisotopic (exact) mass is 316 g/mol. The van der Waals surface area contributed by atoms with Gasteiger partial charge in [0.15, 0.2) is 5.78 Å². The van der Waals surface area contributed by atoms with Crippen LogP contribution in [0, 0.1) is 17.3 Å². The number of allylic oxidation sites excluding steroid dienone is 3. The second-order valence-corrected chi connectivity index (χ2v) is 8.18. The maximum atomic E-state index is 12.9. The van der Waals surface area contributed by atoms with Gasteiger partial charge in [-0.2, -0.15) is 0 Å². The number of hydrogen-bond acceptors (Lipinski definition) is 3. The van der Waals surface area contributed by atoms with Crippen LogP contribution >= 0.6 is 0 Å². The zero-order valence-corrected chi connectivity index (χ0v) is 14.7. The molecule has 3 nitrogen and oxygen atoms in total. The molecule has 2 aliphatic carbocycles. The number of hydrogen-bond donors (Lipinski definition) is 0. The molecule has 1 saturated heterocycles. The minimum absolute atomic E-state index is 0.0454.